The minimum Gasteiger partial charge on any atom is -0.495 e. The number of ether oxygens (including phenoxy) is 2. The van der Waals surface area contributed by atoms with Crippen LogP contribution in [0, 0.1) is 10.1 Å². The molecule has 0 amide bonds. The zero-order valence-electron chi connectivity index (χ0n) is 13.4. The molecule has 8 nitrogen and oxygen atoms in total. The van der Waals surface area contributed by atoms with E-state index in [-0.39, 0.29) is 11.5 Å². The molecule has 0 aliphatic rings. The summed E-state index contributed by atoms with van der Waals surface area (Å²) in [5.74, 6) is 0.176. The average molecular weight is 364 g/mol. The largest absolute Gasteiger partial charge is 0.495 e. The topological polar surface area (TPSA) is 103 Å². The molecule has 0 saturated heterocycles. The number of carbonyl (C=O) groups excluding carboxylic acids is 1. The molecular formula is C16H14ClN3O5. The van der Waals surface area contributed by atoms with E-state index in [0.717, 1.165) is 0 Å². The highest BCUT2D eigenvalue weighted by Crippen LogP contribution is 2.27. The van der Waals surface area contributed by atoms with Gasteiger partial charge >= 0.3 is 5.97 Å². The summed E-state index contributed by atoms with van der Waals surface area (Å²) in [7, 11) is 2.75. The molecule has 0 unspecified atom stereocenters. The van der Waals surface area contributed by atoms with Crippen LogP contribution in [0.2, 0.25) is 0 Å². The first-order chi connectivity index (χ1) is 12.0. The van der Waals surface area contributed by atoms with Crippen molar-refractivity contribution in [1.82, 2.24) is 0 Å². The highest BCUT2D eigenvalue weighted by atomic mass is 35.5. The molecule has 0 bridgehead atoms. The van der Waals surface area contributed by atoms with Gasteiger partial charge in [-0.05, 0) is 30.3 Å². The van der Waals surface area contributed by atoms with E-state index in [1.54, 1.807) is 12.1 Å². The van der Waals surface area contributed by atoms with Gasteiger partial charge in [-0.3, -0.25) is 10.1 Å². The van der Waals surface area contributed by atoms with Crippen LogP contribution in [-0.4, -0.2) is 30.9 Å². The zero-order chi connectivity index (χ0) is 18.4. The third-order valence-electron chi connectivity index (χ3n) is 3.31. The Kier molecular flexibility index (Phi) is 5.91. The number of nitrogens with one attached hydrogen (secondary N) is 1. The molecule has 9 heteroatoms. The Balaban J connectivity index is 2.35. The Labute approximate surface area is 148 Å². The van der Waals surface area contributed by atoms with Crippen LogP contribution in [-0.2, 0) is 4.74 Å². The summed E-state index contributed by atoms with van der Waals surface area (Å²) in [6.07, 6.45) is 0. The molecule has 0 aromatic heterocycles. The first kappa shape index (κ1) is 18.2. The monoisotopic (exact) mass is 363 g/mol. The summed E-state index contributed by atoms with van der Waals surface area (Å²) in [4.78, 5) is 21.9. The number of halogens is 1. The molecule has 0 fully saturated rings. The standard InChI is InChI=1S/C16H14ClN3O5/c1-24-14-8-5-11(16(21)25-2)9-13(14)18-15(19-17)10-3-6-12(7-4-10)20(22)23/h3-9H,1-2H3,(H,18,19). The number of amidine groups is 1. The van der Waals surface area contributed by atoms with Crippen molar-refractivity contribution in [1.29, 1.82) is 0 Å². The van der Waals surface area contributed by atoms with Gasteiger partial charge in [0.15, 0.2) is 5.84 Å². The maximum atomic E-state index is 11.7. The lowest BCUT2D eigenvalue weighted by Gasteiger charge is -2.13. The lowest BCUT2D eigenvalue weighted by molar-refractivity contribution is -0.384. The summed E-state index contributed by atoms with van der Waals surface area (Å²) in [5.41, 5.74) is 1.21. The maximum Gasteiger partial charge on any atom is 0.337 e. The number of esters is 1. The van der Waals surface area contributed by atoms with Crippen molar-refractivity contribution in [3.63, 3.8) is 0 Å². The first-order valence-corrected chi connectivity index (χ1v) is 7.31. The Morgan fingerprint density at radius 1 is 1.16 bits per heavy atom. The number of non-ortho nitro benzene ring substituents is 1. The van der Waals surface area contributed by atoms with Crippen molar-refractivity contribution in [2.24, 2.45) is 4.51 Å². The normalized spacial score (nSPS) is 10.9. The predicted molar refractivity (Wildman–Crippen MR) is 93.4 cm³/mol. The number of nitro groups is 1. The molecular weight excluding hydrogens is 350 g/mol. The highest BCUT2D eigenvalue weighted by molar-refractivity contribution is 6.25. The average Bonchev–Trinajstić information content (AvgIpc) is 2.65. The number of hydrogen-bond donors (Lipinski definition) is 1. The van der Waals surface area contributed by atoms with E-state index in [0.29, 0.717) is 22.6 Å². The van der Waals surface area contributed by atoms with Crippen molar-refractivity contribution in [2.45, 2.75) is 0 Å². The second-order valence-electron chi connectivity index (χ2n) is 4.77. The van der Waals surface area contributed by atoms with Gasteiger partial charge in [-0.15, -0.1) is 0 Å². The van der Waals surface area contributed by atoms with Crippen LogP contribution in [0.15, 0.2) is 47.0 Å². The third kappa shape index (κ3) is 4.24. The first-order valence-electron chi connectivity index (χ1n) is 6.97. The summed E-state index contributed by atoms with van der Waals surface area (Å²) in [6.45, 7) is 0. The van der Waals surface area contributed by atoms with Crippen molar-refractivity contribution in [2.75, 3.05) is 19.5 Å². The van der Waals surface area contributed by atoms with Gasteiger partial charge in [0, 0.05) is 29.5 Å². The number of methoxy groups -OCH3 is 2. The fourth-order valence-electron chi connectivity index (χ4n) is 2.06. The van der Waals surface area contributed by atoms with Gasteiger partial charge in [-0.2, -0.15) is 4.51 Å². The minimum atomic E-state index is -0.509. The van der Waals surface area contributed by atoms with Gasteiger partial charge in [0.1, 0.15) is 5.75 Å². The molecule has 0 spiro atoms. The second-order valence-corrected chi connectivity index (χ2v) is 4.94. The number of nitrogens with zero attached hydrogens (tertiary/aromatic N) is 2. The van der Waals surface area contributed by atoms with Crippen LogP contribution in [0.3, 0.4) is 0 Å². The predicted octanol–water partition coefficient (Wildman–Crippen LogP) is 3.40. The summed E-state index contributed by atoms with van der Waals surface area (Å²) < 4.78 is 13.6. The number of benzene rings is 2. The van der Waals surface area contributed by atoms with E-state index in [9.17, 15) is 14.9 Å². The highest BCUT2D eigenvalue weighted by Gasteiger charge is 2.14. The van der Waals surface area contributed by atoms with Gasteiger partial charge in [0.05, 0.1) is 30.4 Å². The second kappa shape index (κ2) is 8.11. The van der Waals surface area contributed by atoms with Crippen LogP contribution in [0.5, 0.6) is 5.75 Å². The van der Waals surface area contributed by atoms with E-state index in [2.05, 4.69) is 14.6 Å². The molecule has 0 heterocycles. The van der Waals surface area contributed by atoms with Gasteiger partial charge < -0.3 is 14.8 Å². The Bertz CT molecular complexity index is 821. The molecule has 25 heavy (non-hydrogen) atoms. The van der Waals surface area contributed by atoms with Gasteiger partial charge in [-0.25, -0.2) is 4.79 Å². The maximum absolute atomic E-state index is 11.7. The van der Waals surface area contributed by atoms with Crippen LogP contribution in [0.1, 0.15) is 15.9 Å². The van der Waals surface area contributed by atoms with Crippen LogP contribution in [0.25, 0.3) is 0 Å². The van der Waals surface area contributed by atoms with Crippen molar-refractivity contribution in [3.05, 3.63) is 63.7 Å². The fraction of sp³-hybridized carbons (Fsp3) is 0.125. The smallest absolute Gasteiger partial charge is 0.337 e. The third-order valence-corrected chi connectivity index (χ3v) is 3.48. The van der Waals surface area contributed by atoms with Crippen molar-refractivity contribution >= 4 is 35.0 Å². The number of hydrogen-bond acceptors (Lipinski definition) is 6. The van der Waals surface area contributed by atoms with Crippen LogP contribution >= 0.6 is 11.8 Å². The van der Waals surface area contributed by atoms with Crippen LogP contribution < -0.4 is 10.1 Å². The number of carbonyl (C=O) groups is 1. The Morgan fingerprint density at radius 3 is 2.32 bits per heavy atom. The summed E-state index contributed by atoms with van der Waals surface area (Å²) in [6, 6.07) is 10.3. The molecule has 0 saturated carbocycles. The van der Waals surface area contributed by atoms with E-state index in [1.165, 1.54) is 44.6 Å². The van der Waals surface area contributed by atoms with Crippen molar-refractivity contribution in [3.8, 4) is 5.75 Å². The molecule has 130 valence electrons. The lowest BCUT2D eigenvalue weighted by atomic mass is 10.1. The molecule has 0 aliphatic carbocycles. The fourth-order valence-corrected chi connectivity index (χ4v) is 2.20. The van der Waals surface area contributed by atoms with Crippen LogP contribution in [0.4, 0.5) is 11.4 Å². The van der Waals surface area contributed by atoms with Gasteiger partial charge in [-0.1, -0.05) is 0 Å². The number of nitro benzene ring substituents is 1. The summed E-state index contributed by atoms with van der Waals surface area (Å²) >= 11 is 5.64. The molecule has 2 aromatic rings. The Hall–Kier alpha value is -3.13. The zero-order valence-corrected chi connectivity index (χ0v) is 14.1. The lowest BCUT2D eigenvalue weighted by Crippen LogP contribution is -2.14. The number of rotatable bonds is 5. The minimum absolute atomic E-state index is 0.0528. The SMILES string of the molecule is COC(=O)c1ccc(OC)c(N/C(=N/Cl)c2ccc([N+](=O)[O-])cc2)c1. The van der Waals surface area contributed by atoms with E-state index < -0.39 is 10.9 Å². The van der Waals surface area contributed by atoms with E-state index in [4.69, 9.17) is 16.5 Å². The Morgan fingerprint density at radius 2 is 1.80 bits per heavy atom. The number of anilines is 1. The van der Waals surface area contributed by atoms with Gasteiger partial charge in [0.2, 0.25) is 0 Å². The molecule has 0 aliphatic heterocycles. The quantitative estimate of drug-likeness (QED) is 0.287. The summed E-state index contributed by atoms with van der Waals surface area (Å²) in [5, 5.41) is 13.7. The molecule has 0 radical (unpaired) electrons. The van der Waals surface area contributed by atoms with E-state index in [1.807, 2.05) is 0 Å². The molecule has 0 atom stereocenters. The van der Waals surface area contributed by atoms with Crippen molar-refractivity contribution < 1.29 is 19.2 Å². The molecule has 1 N–H and O–H groups in total. The van der Waals surface area contributed by atoms with E-state index >= 15 is 0 Å². The molecule has 2 rings (SSSR count). The molecule has 2 aromatic carbocycles. The van der Waals surface area contributed by atoms with Gasteiger partial charge in [0.25, 0.3) is 5.69 Å².